The van der Waals surface area contributed by atoms with E-state index in [1.165, 1.54) is 17.8 Å². The van der Waals surface area contributed by atoms with Gasteiger partial charge in [0, 0.05) is 11.6 Å². The van der Waals surface area contributed by atoms with E-state index in [9.17, 15) is 10.1 Å². The van der Waals surface area contributed by atoms with E-state index in [-0.39, 0.29) is 5.69 Å². The van der Waals surface area contributed by atoms with E-state index < -0.39 is 4.92 Å². The maximum Gasteiger partial charge on any atom is 0.287 e. The molecule has 0 saturated heterocycles. The van der Waals surface area contributed by atoms with Crippen molar-refractivity contribution in [2.24, 2.45) is 0 Å². The van der Waals surface area contributed by atoms with Crippen LogP contribution in [0.15, 0.2) is 42.6 Å². The summed E-state index contributed by atoms with van der Waals surface area (Å²) in [5.41, 5.74) is 3.03. The molecule has 1 aromatic carbocycles. The van der Waals surface area contributed by atoms with Crippen LogP contribution < -0.4 is 0 Å². The Morgan fingerprint density at radius 3 is 2.38 bits per heavy atom. The molecule has 5 heteroatoms. The first-order chi connectivity index (χ1) is 10.1. The molecule has 0 radical (unpaired) electrons. The van der Waals surface area contributed by atoms with Gasteiger partial charge in [0.05, 0.1) is 10.6 Å². The topological polar surface area (TPSA) is 59.3 Å². The van der Waals surface area contributed by atoms with Crippen LogP contribution in [0.3, 0.4) is 0 Å². The number of nitrogens with zero attached hydrogens (tertiary/aromatic N) is 3. The van der Waals surface area contributed by atoms with E-state index >= 15 is 0 Å². The van der Waals surface area contributed by atoms with E-state index in [1.54, 1.807) is 6.07 Å². The Balaban J connectivity index is 2.02. The Labute approximate surface area is 124 Å². The van der Waals surface area contributed by atoms with Crippen LogP contribution in [-0.2, 0) is 6.42 Å². The fraction of sp³-hybridized carbons (Fsp3) is 0.312. The number of hydrogen-bond acceptors (Lipinski definition) is 4. The van der Waals surface area contributed by atoms with Gasteiger partial charge in [0.15, 0.2) is 0 Å². The summed E-state index contributed by atoms with van der Waals surface area (Å²) >= 11 is 0. The van der Waals surface area contributed by atoms with Crippen LogP contribution in [0, 0.1) is 10.1 Å². The zero-order chi connectivity index (χ0) is 15.2. The molecule has 0 amide bonds. The summed E-state index contributed by atoms with van der Waals surface area (Å²) in [4.78, 5) is 16.5. The highest BCUT2D eigenvalue weighted by molar-refractivity contribution is 5.60. The van der Waals surface area contributed by atoms with Gasteiger partial charge in [-0.25, -0.2) is 4.98 Å². The molecule has 0 unspecified atom stereocenters. The van der Waals surface area contributed by atoms with Crippen LogP contribution in [-0.4, -0.2) is 35.4 Å². The largest absolute Gasteiger partial charge is 0.309 e. The molecule has 2 aromatic rings. The van der Waals surface area contributed by atoms with Crippen molar-refractivity contribution in [2.45, 2.75) is 12.8 Å². The molecule has 110 valence electrons. The van der Waals surface area contributed by atoms with Crippen molar-refractivity contribution in [1.29, 1.82) is 0 Å². The number of nitro groups is 1. The molecular weight excluding hydrogens is 266 g/mol. The minimum atomic E-state index is -0.440. The molecule has 0 bridgehead atoms. The molecular formula is C16H19N3O2. The summed E-state index contributed by atoms with van der Waals surface area (Å²) in [5, 5.41) is 10.6. The number of aryl methyl sites for hydroxylation is 1. The number of pyridine rings is 1. The zero-order valence-electron chi connectivity index (χ0n) is 12.3. The quantitative estimate of drug-likeness (QED) is 0.604. The van der Waals surface area contributed by atoms with Gasteiger partial charge in [0.25, 0.3) is 5.69 Å². The van der Waals surface area contributed by atoms with E-state index in [1.807, 2.05) is 12.1 Å². The van der Waals surface area contributed by atoms with Gasteiger partial charge in [-0.3, -0.25) is 10.1 Å². The van der Waals surface area contributed by atoms with Gasteiger partial charge in [-0.1, -0.05) is 24.3 Å². The van der Waals surface area contributed by atoms with Crippen molar-refractivity contribution in [2.75, 3.05) is 20.6 Å². The summed E-state index contributed by atoms with van der Waals surface area (Å²) in [6, 6.07) is 11.4. The molecule has 5 nitrogen and oxygen atoms in total. The summed E-state index contributed by atoms with van der Waals surface area (Å²) in [5.74, 6) is 0. The molecule has 2 rings (SSSR count). The van der Waals surface area contributed by atoms with E-state index in [2.05, 4.69) is 36.1 Å². The van der Waals surface area contributed by atoms with E-state index in [4.69, 9.17) is 0 Å². The van der Waals surface area contributed by atoms with Gasteiger partial charge < -0.3 is 4.90 Å². The fourth-order valence-electron chi connectivity index (χ4n) is 2.11. The van der Waals surface area contributed by atoms with Crippen LogP contribution in [0.5, 0.6) is 0 Å². The highest BCUT2D eigenvalue weighted by atomic mass is 16.6. The van der Waals surface area contributed by atoms with Gasteiger partial charge in [0.2, 0.25) is 0 Å². The molecule has 0 fully saturated rings. The van der Waals surface area contributed by atoms with Crippen molar-refractivity contribution in [3.8, 4) is 11.3 Å². The second-order valence-corrected chi connectivity index (χ2v) is 5.26. The molecule has 0 atom stereocenters. The molecule has 0 spiro atoms. The lowest BCUT2D eigenvalue weighted by Gasteiger charge is -2.09. The first-order valence-corrected chi connectivity index (χ1v) is 6.91. The third-order valence-electron chi connectivity index (χ3n) is 3.28. The number of hydrogen-bond donors (Lipinski definition) is 0. The van der Waals surface area contributed by atoms with Crippen molar-refractivity contribution in [3.05, 3.63) is 58.3 Å². The van der Waals surface area contributed by atoms with Crippen LogP contribution in [0.1, 0.15) is 12.0 Å². The predicted molar refractivity (Wildman–Crippen MR) is 83.2 cm³/mol. The summed E-state index contributed by atoms with van der Waals surface area (Å²) in [6.45, 7) is 1.08. The lowest BCUT2D eigenvalue weighted by molar-refractivity contribution is -0.385. The second-order valence-electron chi connectivity index (χ2n) is 5.26. The average Bonchev–Trinajstić information content (AvgIpc) is 2.48. The van der Waals surface area contributed by atoms with Crippen molar-refractivity contribution in [3.63, 3.8) is 0 Å². The Morgan fingerprint density at radius 2 is 1.86 bits per heavy atom. The van der Waals surface area contributed by atoms with Crippen molar-refractivity contribution >= 4 is 5.69 Å². The van der Waals surface area contributed by atoms with Crippen LogP contribution in [0.25, 0.3) is 11.3 Å². The third-order valence-corrected chi connectivity index (χ3v) is 3.28. The molecule has 1 heterocycles. The molecule has 0 aliphatic rings. The standard InChI is InChI=1S/C16H19N3O2/c1-18(2)11-3-4-13-5-7-14(8-6-13)16-10-9-15(12-17-16)19(20)21/h5-10,12H,3-4,11H2,1-2H3. The molecule has 21 heavy (non-hydrogen) atoms. The first kappa shape index (κ1) is 15.1. The van der Waals surface area contributed by atoms with Gasteiger partial charge in [-0.05, 0) is 45.1 Å². The SMILES string of the molecule is CN(C)CCCc1ccc(-c2ccc([N+](=O)[O-])cn2)cc1. The summed E-state index contributed by atoms with van der Waals surface area (Å²) < 4.78 is 0. The first-order valence-electron chi connectivity index (χ1n) is 6.91. The smallest absolute Gasteiger partial charge is 0.287 e. The molecule has 1 aromatic heterocycles. The van der Waals surface area contributed by atoms with Crippen LogP contribution in [0.4, 0.5) is 5.69 Å². The highest BCUT2D eigenvalue weighted by Gasteiger charge is 2.06. The zero-order valence-corrected chi connectivity index (χ0v) is 12.3. The number of benzene rings is 1. The van der Waals surface area contributed by atoms with Gasteiger partial charge in [0.1, 0.15) is 6.20 Å². The average molecular weight is 285 g/mol. The van der Waals surface area contributed by atoms with Crippen LogP contribution in [0.2, 0.25) is 0 Å². The monoisotopic (exact) mass is 285 g/mol. The Morgan fingerprint density at radius 1 is 1.14 bits per heavy atom. The fourth-order valence-corrected chi connectivity index (χ4v) is 2.11. The minimum Gasteiger partial charge on any atom is -0.309 e. The Bertz CT molecular complexity index is 592. The summed E-state index contributed by atoms with van der Waals surface area (Å²) in [7, 11) is 4.15. The third kappa shape index (κ3) is 4.36. The second kappa shape index (κ2) is 6.95. The van der Waals surface area contributed by atoms with E-state index in [0.717, 1.165) is 30.6 Å². The van der Waals surface area contributed by atoms with E-state index in [0.29, 0.717) is 0 Å². The summed E-state index contributed by atoms with van der Waals surface area (Å²) in [6.07, 6.45) is 3.47. The minimum absolute atomic E-state index is 0.0130. The Kier molecular flexibility index (Phi) is 5.00. The maximum absolute atomic E-state index is 10.6. The normalized spacial score (nSPS) is 10.8. The number of rotatable bonds is 6. The van der Waals surface area contributed by atoms with Crippen LogP contribution >= 0.6 is 0 Å². The maximum atomic E-state index is 10.6. The molecule has 0 aliphatic heterocycles. The lowest BCUT2D eigenvalue weighted by atomic mass is 10.1. The molecule has 0 saturated carbocycles. The number of aromatic nitrogens is 1. The van der Waals surface area contributed by atoms with Crippen molar-refractivity contribution in [1.82, 2.24) is 9.88 Å². The van der Waals surface area contributed by atoms with Gasteiger partial charge >= 0.3 is 0 Å². The lowest BCUT2D eigenvalue weighted by Crippen LogP contribution is -2.13. The van der Waals surface area contributed by atoms with Gasteiger partial charge in [-0.15, -0.1) is 0 Å². The molecule has 0 aliphatic carbocycles. The molecule has 0 N–H and O–H groups in total. The van der Waals surface area contributed by atoms with Gasteiger partial charge in [-0.2, -0.15) is 0 Å². The predicted octanol–water partition coefficient (Wildman–Crippen LogP) is 3.15. The Hall–Kier alpha value is -2.27. The van der Waals surface area contributed by atoms with Crippen molar-refractivity contribution < 1.29 is 4.92 Å². The highest BCUT2D eigenvalue weighted by Crippen LogP contribution is 2.20.